The molecule has 0 N–H and O–H groups in total. The maximum Gasteiger partial charge on any atom is 0.143 e. The van der Waals surface area contributed by atoms with Crippen molar-refractivity contribution in [2.45, 2.75) is 24.7 Å². The van der Waals surface area contributed by atoms with E-state index in [1.54, 1.807) is 0 Å². The standard InChI is InChI=1S/C80H53NO/c1-79(2)70-36-20-18-33-61(70)67-47-54(40-44-71(67)79)81(55-39-42-62-60-32-19-21-37-72(60)80(73(62)48-55,52-24-8-4-9-25-52)53-26-10-5-11-27-53)74-45-43-65-58-30-13-12-28-56(58)57-29-14-16-34-64(57)76(65)77(74)68-49-69-63-41-38-51(50-22-6-3-7-23-50)46-75(63)82-78(69)66-35-17-15-31-59(66)68/h3-49H,1-2H3. The molecular formula is C80H53NO. The van der Waals surface area contributed by atoms with E-state index in [0.717, 1.165) is 72.0 Å². The van der Waals surface area contributed by atoms with Crippen molar-refractivity contribution in [1.29, 1.82) is 0 Å². The molecule has 14 aromatic carbocycles. The van der Waals surface area contributed by atoms with Crippen LogP contribution in [0.25, 0.3) is 110 Å². The lowest BCUT2D eigenvalue weighted by Gasteiger charge is -2.35. The second kappa shape index (κ2) is 17.6. The van der Waals surface area contributed by atoms with Crippen LogP contribution in [-0.4, -0.2) is 0 Å². The molecule has 2 heteroatoms. The van der Waals surface area contributed by atoms with Crippen LogP contribution in [0.3, 0.4) is 0 Å². The molecule has 0 saturated heterocycles. The number of rotatable bonds is 7. The Morgan fingerprint density at radius 2 is 0.817 bits per heavy atom. The van der Waals surface area contributed by atoms with E-state index >= 15 is 0 Å². The van der Waals surface area contributed by atoms with E-state index in [1.165, 1.54) is 88.0 Å². The summed E-state index contributed by atoms with van der Waals surface area (Å²) in [4.78, 5) is 2.59. The first-order valence-electron chi connectivity index (χ1n) is 28.7. The molecule has 2 aliphatic carbocycles. The van der Waals surface area contributed by atoms with Crippen LogP contribution in [0, 0.1) is 0 Å². The van der Waals surface area contributed by atoms with Crippen molar-refractivity contribution >= 4 is 82.1 Å². The highest BCUT2D eigenvalue weighted by Gasteiger charge is 2.46. The average Bonchev–Trinajstić information content (AvgIpc) is 2.20. The van der Waals surface area contributed by atoms with Gasteiger partial charge in [-0.05, 0) is 153 Å². The molecule has 82 heavy (non-hydrogen) atoms. The zero-order valence-electron chi connectivity index (χ0n) is 45.5. The highest BCUT2D eigenvalue weighted by molar-refractivity contribution is 6.32. The molecule has 0 aliphatic heterocycles. The van der Waals surface area contributed by atoms with Gasteiger partial charge in [0, 0.05) is 43.9 Å². The third kappa shape index (κ3) is 6.52. The van der Waals surface area contributed by atoms with Crippen LogP contribution in [0.1, 0.15) is 47.2 Å². The van der Waals surface area contributed by atoms with Gasteiger partial charge in [0.2, 0.25) is 0 Å². The smallest absolute Gasteiger partial charge is 0.143 e. The van der Waals surface area contributed by atoms with Gasteiger partial charge in [0.05, 0.1) is 11.1 Å². The minimum absolute atomic E-state index is 0.169. The lowest BCUT2D eigenvalue weighted by atomic mass is 9.67. The van der Waals surface area contributed by atoms with E-state index in [2.05, 4.69) is 304 Å². The Labute approximate surface area is 476 Å². The Hall–Kier alpha value is -10.3. The number of nitrogens with zero attached hydrogens (tertiary/aromatic N) is 1. The Balaban J connectivity index is 1.03. The molecule has 17 rings (SSSR count). The van der Waals surface area contributed by atoms with Gasteiger partial charge >= 0.3 is 0 Å². The van der Waals surface area contributed by atoms with Crippen LogP contribution in [0.15, 0.2) is 290 Å². The van der Waals surface area contributed by atoms with Crippen molar-refractivity contribution in [3.05, 3.63) is 318 Å². The van der Waals surface area contributed by atoms with Crippen molar-refractivity contribution < 1.29 is 4.42 Å². The number of hydrogen-bond acceptors (Lipinski definition) is 2. The van der Waals surface area contributed by atoms with Crippen molar-refractivity contribution in [1.82, 2.24) is 0 Å². The lowest BCUT2D eigenvalue weighted by Crippen LogP contribution is -2.28. The third-order valence-electron chi connectivity index (χ3n) is 18.5. The van der Waals surface area contributed by atoms with E-state index in [-0.39, 0.29) is 5.41 Å². The maximum atomic E-state index is 7.09. The summed E-state index contributed by atoms with van der Waals surface area (Å²) in [5.41, 5.74) is 21.6. The van der Waals surface area contributed by atoms with Crippen molar-refractivity contribution in [3.8, 4) is 44.5 Å². The summed E-state index contributed by atoms with van der Waals surface area (Å²) in [5, 5.41) is 11.7. The molecule has 15 aromatic rings. The number of anilines is 3. The normalized spacial score (nSPS) is 13.7. The third-order valence-corrected chi connectivity index (χ3v) is 18.5. The van der Waals surface area contributed by atoms with Gasteiger partial charge in [0.25, 0.3) is 0 Å². The predicted molar refractivity (Wildman–Crippen MR) is 344 cm³/mol. The van der Waals surface area contributed by atoms with Gasteiger partial charge in [-0.2, -0.15) is 0 Å². The molecule has 0 spiro atoms. The van der Waals surface area contributed by atoms with Gasteiger partial charge in [0.15, 0.2) is 0 Å². The second-order valence-electron chi connectivity index (χ2n) is 23.0. The number of benzene rings is 14. The summed E-state index contributed by atoms with van der Waals surface area (Å²) in [6.45, 7) is 4.75. The molecule has 1 aromatic heterocycles. The minimum atomic E-state index is -0.609. The van der Waals surface area contributed by atoms with E-state index in [4.69, 9.17) is 4.42 Å². The molecule has 0 unspecified atom stereocenters. The van der Waals surface area contributed by atoms with E-state index < -0.39 is 5.41 Å². The Morgan fingerprint density at radius 3 is 1.52 bits per heavy atom. The molecular weight excluding hydrogens is 991 g/mol. The first kappa shape index (κ1) is 46.6. The van der Waals surface area contributed by atoms with Crippen LogP contribution in [0.4, 0.5) is 17.1 Å². The van der Waals surface area contributed by atoms with E-state index in [9.17, 15) is 0 Å². The Morgan fingerprint density at radius 1 is 0.305 bits per heavy atom. The van der Waals surface area contributed by atoms with Gasteiger partial charge < -0.3 is 9.32 Å². The number of furan rings is 1. The molecule has 2 nitrogen and oxygen atoms in total. The summed E-state index contributed by atoms with van der Waals surface area (Å²) < 4.78 is 7.09. The summed E-state index contributed by atoms with van der Waals surface area (Å²) in [6.07, 6.45) is 0. The molecule has 0 amide bonds. The quantitative estimate of drug-likeness (QED) is 0.148. The van der Waals surface area contributed by atoms with Crippen LogP contribution in [0.5, 0.6) is 0 Å². The van der Waals surface area contributed by atoms with E-state index in [0.29, 0.717) is 0 Å². The lowest BCUT2D eigenvalue weighted by molar-refractivity contribution is 0.660. The second-order valence-corrected chi connectivity index (χ2v) is 23.0. The van der Waals surface area contributed by atoms with Crippen molar-refractivity contribution in [2.24, 2.45) is 0 Å². The first-order chi connectivity index (χ1) is 40.4. The largest absolute Gasteiger partial charge is 0.455 e. The monoisotopic (exact) mass is 1040 g/mol. The molecule has 1 heterocycles. The minimum Gasteiger partial charge on any atom is -0.455 e. The fourth-order valence-corrected chi connectivity index (χ4v) is 14.9. The number of hydrogen-bond donors (Lipinski definition) is 0. The highest BCUT2D eigenvalue weighted by atomic mass is 16.3. The Kier molecular flexibility index (Phi) is 10.0. The average molecular weight is 1040 g/mol. The zero-order valence-corrected chi connectivity index (χ0v) is 45.5. The van der Waals surface area contributed by atoms with Crippen molar-refractivity contribution in [2.75, 3.05) is 4.90 Å². The van der Waals surface area contributed by atoms with Crippen LogP contribution >= 0.6 is 0 Å². The van der Waals surface area contributed by atoms with Gasteiger partial charge in [-0.15, -0.1) is 0 Å². The van der Waals surface area contributed by atoms with Gasteiger partial charge in [-0.25, -0.2) is 0 Å². The molecule has 0 radical (unpaired) electrons. The summed E-state index contributed by atoms with van der Waals surface area (Å²) in [5.74, 6) is 0. The van der Waals surface area contributed by atoms with Gasteiger partial charge in [0.1, 0.15) is 11.2 Å². The predicted octanol–water partition coefficient (Wildman–Crippen LogP) is 21.7. The van der Waals surface area contributed by atoms with Crippen LogP contribution in [0.2, 0.25) is 0 Å². The van der Waals surface area contributed by atoms with E-state index in [1.807, 2.05) is 0 Å². The Bertz CT molecular complexity index is 5050. The molecule has 2 aliphatic rings. The SMILES string of the molecule is CC1(C)c2ccccc2-c2cc(N(c3ccc4c(c3)C(c3ccccc3)(c3ccccc3)c3ccccc3-4)c3ccc4c5ccccc5c5ccccc5c4c3-c3cc4c5ccc(-c6ccccc6)cc5oc4c4ccccc34)ccc21. The van der Waals surface area contributed by atoms with Gasteiger partial charge in [-0.1, -0.05) is 250 Å². The molecule has 384 valence electrons. The maximum absolute atomic E-state index is 7.09. The molecule has 0 bridgehead atoms. The summed E-state index contributed by atoms with van der Waals surface area (Å²) in [6, 6.07) is 107. The molecule has 0 fully saturated rings. The summed E-state index contributed by atoms with van der Waals surface area (Å²) >= 11 is 0. The number of fused-ring (bicyclic) bond motifs is 17. The fourth-order valence-electron chi connectivity index (χ4n) is 14.9. The summed E-state index contributed by atoms with van der Waals surface area (Å²) in [7, 11) is 0. The topological polar surface area (TPSA) is 16.4 Å². The van der Waals surface area contributed by atoms with Crippen LogP contribution < -0.4 is 4.90 Å². The highest BCUT2D eigenvalue weighted by Crippen LogP contribution is 2.59. The van der Waals surface area contributed by atoms with Crippen molar-refractivity contribution in [3.63, 3.8) is 0 Å². The van der Waals surface area contributed by atoms with Gasteiger partial charge in [-0.3, -0.25) is 0 Å². The fraction of sp³-hybridized carbons (Fsp3) is 0.0500. The first-order valence-corrected chi connectivity index (χ1v) is 28.7. The zero-order chi connectivity index (χ0) is 54.3. The molecule has 0 saturated carbocycles. The van der Waals surface area contributed by atoms with Crippen LogP contribution in [-0.2, 0) is 10.8 Å². The molecule has 0 atom stereocenters.